The summed E-state index contributed by atoms with van der Waals surface area (Å²) < 4.78 is 0. The van der Waals surface area contributed by atoms with E-state index in [1.165, 1.54) is 26.7 Å². The number of ketones is 2. The number of thiol groups is 2. The summed E-state index contributed by atoms with van der Waals surface area (Å²) in [5.74, 6) is 1.28. The molecule has 1 radical (unpaired) electrons. The van der Waals surface area contributed by atoms with Crippen molar-refractivity contribution in [2.75, 3.05) is 11.5 Å². The Kier molecular flexibility index (Phi) is 33.7. The molecule has 2 nitrogen and oxygen atoms in total. The Morgan fingerprint density at radius 1 is 1.00 bits per heavy atom. The minimum absolute atomic E-state index is 0. The summed E-state index contributed by atoms with van der Waals surface area (Å²) >= 11 is 7.57. The average Bonchev–Trinajstić information content (AvgIpc) is 1.87. The van der Waals surface area contributed by atoms with E-state index < -0.39 is 0 Å². The molecule has 0 amide bonds. The van der Waals surface area contributed by atoms with E-state index in [9.17, 15) is 9.59 Å². The molecule has 0 aromatic heterocycles. The topological polar surface area (TPSA) is 34.1 Å². The minimum atomic E-state index is 0. The van der Waals surface area contributed by atoms with E-state index in [2.05, 4.69) is 25.3 Å². The first-order valence-electron chi connectivity index (χ1n) is 3.43. The number of hydrogen-bond acceptors (Lipinski definition) is 4. The van der Waals surface area contributed by atoms with Gasteiger partial charge in [-0.15, -0.1) is 11.5 Å². The van der Waals surface area contributed by atoms with E-state index >= 15 is 0 Å². The first kappa shape index (κ1) is 24.2. The molecule has 0 spiro atoms. The summed E-state index contributed by atoms with van der Waals surface area (Å²) in [4.78, 5) is 19.9. The fourth-order valence-electron chi connectivity index (χ4n) is 0.257. The van der Waals surface area contributed by atoms with E-state index in [-0.39, 0.29) is 51.7 Å². The van der Waals surface area contributed by atoms with Crippen LogP contribution in [0.4, 0.5) is 0 Å². The van der Waals surface area contributed by atoms with Crippen molar-refractivity contribution in [2.24, 2.45) is 0 Å². The Hall–Kier alpha value is 0.884. The van der Waals surface area contributed by atoms with Crippen LogP contribution in [0.25, 0.3) is 0 Å². The standard InChI is InChI=1S/2C4H7OS.CH4.Y/c2*1-4(5)2-3-6;;/h2*2,6H,3H2,1H3;1H4;/q2*-1;;. The Balaban J connectivity index is -0.0000000625. The number of hydrogen-bond donors (Lipinski definition) is 2. The molecule has 0 aliphatic heterocycles. The van der Waals surface area contributed by atoms with E-state index in [0.717, 1.165) is 0 Å². The maximum absolute atomic E-state index is 9.94. The van der Waals surface area contributed by atoms with Gasteiger partial charge in [0.25, 0.3) is 0 Å². The molecule has 0 aliphatic carbocycles. The molecule has 0 aromatic carbocycles. The zero-order valence-corrected chi connectivity index (χ0v) is 12.5. The fourth-order valence-corrected chi connectivity index (χ4v) is 0.771. The fraction of sp³-hybridized carbons (Fsp3) is 0.556. The minimum Gasteiger partial charge on any atom is -0.335 e. The van der Waals surface area contributed by atoms with Crippen LogP contribution in [0.1, 0.15) is 21.3 Å². The first-order valence-corrected chi connectivity index (χ1v) is 4.70. The van der Waals surface area contributed by atoms with E-state index in [0.29, 0.717) is 11.5 Å². The molecule has 0 aliphatic rings. The van der Waals surface area contributed by atoms with Crippen LogP contribution in [0, 0.1) is 12.8 Å². The molecule has 0 N–H and O–H groups in total. The number of carbonyl (C=O) groups is 2. The van der Waals surface area contributed by atoms with Gasteiger partial charge in [0.1, 0.15) is 0 Å². The summed E-state index contributed by atoms with van der Waals surface area (Å²) in [7, 11) is 0. The van der Waals surface area contributed by atoms with Crippen molar-refractivity contribution in [2.45, 2.75) is 21.3 Å². The van der Waals surface area contributed by atoms with Crippen molar-refractivity contribution in [1.82, 2.24) is 0 Å². The third kappa shape index (κ3) is 38.4. The van der Waals surface area contributed by atoms with Crippen LogP contribution < -0.4 is 0 Å². The molecule has 14 heavy (non-hydrogen) atoms. The zero-order chi connectivity index (χ0) is 9.98. The molecular formula is C9H18O2S2Y-2. The maximum Gasteiger partial charge on any atom is 0 e. The van der Waals surface area contributed by atoms with Gasteiger partial charge in [0.05, 0.1) is 0 Å². The summed E-state index contributed by atoms with van der Waals surface area (Å²) in [5.41, 5.74) is 0. The van der Waals surface area contributed by atoms with Crippen LogP contribution in [0.3, 0.4) is 0 Å². The second-order valence-electron chi connectivity index (χ2n) is 1.99. The number of carbonyl (C=O) groups excluding carboxylic acids is 2. The predicted octanol–water partition coefficient (Wildman–Crippen LogP) is 2.05. The van der Waals surface area contributed by atoms with Gasteiger partial charge in [-0.25, -0.2) is 25.3 Å². The van der Waals surface area contributed by atoms with Crippen molar-refractivity contribution in [3.8, 4) is 0 Å². The van der Waals surface area contributed by atoms with E-state index in [1.807, 2.05) is 0 Å². The molecule has 0 saturated heterocycles. The predicted molar refractivity (Wildman–Crippen MR) is 64.4 cm³/mol. The largest absolute Gasteiger partial charge is 0.335 e. The zero-order valence-electron chi connectivity index (χ0n) is 7.86. The molecule has 0 atom stereocenters. The second-order valence-corrected chi connectivity index (χ2v) is 2.72. The number of rotatable bonds is 4. The van der Waals surface area contributed by atoms with E-state index in [1.54, 1.807) is 0 Å². The van der Waals surface area contributed by atoms with Crippen molar-refractivity contribution >= 4 is 36.8 Å². The second kappa shape index (κ2) is 19.5. The molecule has 0 fully saturated rings. The van der Waals surface area contributed by atoms with Crippen LogP contribution in [0.2, 0.25) is 0 Å². The van der Waals surface area contributed by atoms with Gasteiger partial charge >= 0.3 is 0 Å². The van der Waals surface area contributed by atoms with Gasteiger partial charge in [-0.05, 0) is 25.4 Å². The summed E-state index contributed by atoms with van der Waals surface area (Å²) in [6.45, 7) is 3.02. The Bertz CT molecular complexity index is 125. The summed E-state index contributed by atoms with van der Waals surface area (Å²) in [6, 6.07) is 0. The van der Waals surface area contributed by atoms with Gasteiger partial charge in [0.2, 0.25) is 0 Å². The molecule has 0 rings (SSSR count). The normalized spacial score (nSPS) is 6.57. The van der Waals surface area contributed by atoms with Gasteiger partial charge in [-0.1, -0.05) is 7.43 Å². The monoisotopic (exact) mass is 311 g/mol. The SMILES string of the molecule is C.CC(=O)[CH-]CS.CC(=O)[CH-]CS.[Y]. The van der Waals surface area contributed by atoms with Gasteiger partial charge in [0.15, 0.2) is 0 Å². The summed E-state index contributed by atoms with van der Waals surface area (Å²) in [5, 5.41) is 0. The van der Waals surface area contributed by atoms with Crippen molar-refractivity contribution in [1.29, 1.82) is 0 Å². The number of Topliss-reactive ketones (excluding diaryl/α,β-unsaturated/α-hetero) is 2. The van der Waals surface area contributed by atoms with Crippen LogP contribution in [0.5, 0.6) is 0 Å². The van der Waals surface area contributed by atoms with Crippen molar-refractivity contribution in [3.05, 3.63) is 12.8 Å². The molecule has 0 saturated carbocycles. The third-order valence-corrected chi connectivity index (χ3v) is 1.12. The Morgan fingerprint density at radius 2 is 1.21 bits per heavy atom. The molecule has 5 heteroatoms. The van der Waals surface area contributed by atoms with Gasteiger partial charge in [0, 0.05) is 32.7 Å². The van der Waals surface area contributed by atoms with Crippen LogP contribution >= 0.6 is 25.3 Å². The van der Waals surface area contributed by atoms with Crippen LogP contribution in [-0.4, -0.2) is 23.1 Å². The Labute approximate surface area is 124 Å². The molecular weight excluding hydrogens is 293 g/mol. The molecule has 0 aromatic rings. The van der Waals surface area contributed by atoms with Crippen molar-refractivity contribution in [3.63, 3.8) is 0 Å². The molecule has 83 valence electrons. The van der Waals surface area contributed by atoms with Gasteiger partial charge in [-0.3, -0.25) is 0 Å². The smallest absolute Gasteiger partial charge is 0 e. The first-order chi connectivity index (χ1) is 5.54. The summed E-state index contributed by atoms with van der Waals surface area (Å²) in [6.07, 6.45) is 3.03. The molecule has 0 bridgehead atoms. The molecule has 0 unspecified atom stereocenters. The van der Waals surface area contributed by atoms with Crippen molar-refractivity contribution < 1.29 is 42.3 Å². The molecule has 0 heterocycles. The Morgan fingerprint density at radius 3 is 1.21 bits per heavy atom. The maximum atomic E-state index is 9.94. The van der Waals surface area contributed by atoms with Gasteiger partial charge < -0.3 is 22.4 Å². The van der Waals surface area contributed by atoms with E-state index in [4.69, 9.17) is 0 Å². The average molecular weight is 311 g/mol. The van der Waals surface area contributed by atoms with Gasteiger partial charge in [-0.2, -0.15) is 0 Å². The van der Waals surface area contributed by atoms with Crippen LogP contribution in [-0.2, 0) is 42.3 Å². The third-order valence-electron chi connectivity index (χ3n) is 0.757. The quantitative estimate of drug-likeness (QED) is 0.615. The van der Waals surface area contributed by atoms with Crippen LogP contribution in [0.15, 0.2) is 0 Å².